The summed E-state index contributed by atoms with van der Waals surface area (Å²) >= 11 is 0. The molecule has 1 N–H and O–H groups in total. The van der Waals surface area contributed by atoms with E-state index >= 15 is 0 Å². The molecule has 0 spiro atoms. The molecular formula is C15H31NO3S. The fraction of sp³-hybridized carbons (Fsp3) is 1.00. The van der Waals surface area contributed by atoms with Crippen LogP contribution in [-0.2, 0) is 14.6 Å². The third-order valence-corrected chi connectivity index (χ3v) is 5.11. The summed E-state index contributed by atoms with van der Waals surface area (Å²) in [4.78, 5) is 0. The number of hydrogen-bond donors (Lipinski definition) is 1. The molecule has 1 aliphatic carbocycles. The Morgan fingerprint density at radius 1 is 1.20 bits per heavy atom. The summed E-state index contributed by atoms with van der Waals surface area (Å²) in [5, 5.41) is 3.45. The number of hydrogen-bond acceptors (Lipinski definition) is 4. The lowest BCUT2D eigenvalue weighted by Gasteiger charge is -2.36. The standard InChI is InChI=1S/C15H31NO3S/c1-4-16-14(11-12-20(3,17)18)15(19-5-2)13-9-7-6-8-10-13/h13-16H,4-12H2,1-3H3. The van der Waals surface area contributed by atoms with Gasteiger partial charge in [-0.25, -0.2) is 8.42 Å². The summed E-state index contributed by atoms with van der Waals surface area (Å²) in [5.41, 5.74) is 0. The number of ether oxygens (including phenoxy) is 1. The lowest BCUT2D eigenvalue weighted by molar-refractivity contribution is -0.0178. The highest BCUT2D eigenvalue weighted by molar-refractivity contribution is 7.90. The summed E-state index contributed by atoms with van der Waals surface area (Å²) in [5.74, 6) is 0.813. The third kappa shape index (κ3) is 6.55. The van der Waals surface area contributed by atoms with Gasteiger partial charge in [-0.05, 0) is 38.6 Å². The van der Waals surface area contributed by atoms with Crippen molar-refractivity contribution < 1.29 is 13.2 Å². The van der Waals surface area contributed by atoms with Crippen LogP contribution < -0.4 is 5.32 Å². The van der Waals surface area contributed by atoms with Gasteiger partial charge in [0.2, 0.25) is 0 Å². The largest absolute Gasteiger partial charge is 0.377 e. The van der Waals surface area contributed by atoms with E-state index in [4.69, 9.17) is 4.74 Å². The van der Waals surface area contributed by atoms with Crippen molar-refractivity contribution in [2.24, 2.45) is 5.92 Å². The smallest absolute Gasteiger partial charge is 0.147 e. The van der Waals surface area contributed by atoms with Crippen LogP contribution in [0.15, 0.2) is 0 Å². The first kappa shape index (κ1) is 17.9. The summed E-state index contributed by atoms with van der Waals surface area (Å²) in [6, 6.07) is 0.151. The molecule has 0 heterocycles. The van der Waals surface area contributed by atoms with Crippen LogP contribution in [0.3, 0.4) is 0 Å². The molecule has 120 valence electrons. The molecule has 0 aromatic carbocycles. The fourth-order valence-corrected chi connectivity index (χ4v) is 3.90. The fourth-order valence-electron chi connectivity index (χ4n) is 3.22. The maximum Gasteiger partial charge on any atom is 0.147 e. The Kier molecular flexibility index (Phi) is 8.07. The van der Waals surface area contributed by atoms with Crippen LogP contribution in [0.4, 0.5) is 0 Å². The van der Waals surface area contributed by atoms with Gasteiger partial charge < -0.3 is 10.1 Å². The normalized spacial score (nSPS) is 20.8. The molecule has 0 aliphatic heterocycles. The van der Waals surface area contributed by atoms with E-state index in [2.05, 4.69) is 12.2 Å². The van der Waals surface area contributed by atoms with E-state index in [-0.39, 0.29) is 17.9 Å². The van der Waals surface area contributed by atoms with Crippen LogP contribution in [0.1, 0.15) is 52.4 Å². The monoisotopic (exact) mass is 305 g/mol. The summed E-state index contributed by atoms with van der Waals surface area (Å²) in [7, 11) is -2.91. The van der Waals surface area contributed by atoms with Crippen LogP contribution in [0.2, 0.25) is 0 Å². The van der Waals surface area contributed by atoms with E-state index in [1.54, 1.807) is 0 Å². The van der Waals surface area contributed by atoms with Gasteiger partial charge >= 0.3 is 0 Å². The van der Waals surface area contributed by atoms with Crippen molar-refractivity contribution in [2.75, 3.05) is 25.2 Å². The molecular weight excluding hydrogens is 274 g/mol. The number of likely N-dealkylation sites (N-methyl/N-ethyl adjacent to an activating group) is 1. The highest BCUT2D eigenvalue weighted by atomic mass is 32.2. The van der Waals surface area contributed by atoms with Crippen molar-refractivity contribution in [1.82, 2.24) is 5.32 Å². The summed E-state index contributed by atoms with van der Waals surface area (Å²) in [6.07, 6.45) is 8.42. The van der Waals surface area contributed by atoms with Gasteiger partial charge in [-0.2, -0.15) is 0 Å². The Morgan fingerprint density at radius 2 is 1.85 bits per heavy atom. The zero-order valence-corrected chi connectivity index (χ0v) is 14.0. The Morgan fingerprint density at radius 3 is 2.35 bits per heavy atom. The molecule has 2 atom stereocenters. The van der Waals surface area contributed by atoms with E-state index in [1.165, 1.54) is 38.4 Å². The summed E-state index contributed by atoms with van der Waals surface area (Å²) in [6.45, 7) is 5.64. The molecule has 0 saturated heterocycles. The second-order valence-corrected chi connectivity index (χ2v) is 8.16. The lowest BCUT2D eigenvalue weighted by atomic mass is 9.82. The molecule has 0 bridgehead atoms. The first-order valence-corrected chi connectivity index (χ1v) is 10.1. The van der Waals surface area contributed by atoms with Gasteiger partial charge in [-0.3, -0.25) is 0 Å². The molecule has 0 radical (unpaired) electrons. The molecule has 1 fully saturated rings. The van der Waals surface area contributed by atoms with E-state index in [0.717, 1.165) is 6.54 Å². The zero-order chi connectivity index (χ0) is 15.0. The average molecular weight is 305 g/mol. The minimum atomic E-state index is -2.91. The molecule has 1 rings (SSSR count). The van der Waals surface area contributed by atoms with Crippen LogP contribution >= 0.6 is 0 Å². The van der Waals surface area contributed by atoms with E-state index in [1.807, 2.05) is 6.92 Å². The predicted octanol–water partition coefficient (Wildman–Crippen LogP) is 2.38. The minimum absolute atomic E-state index is 0.151. The maximum absolute atomic E-state index is 11.4. The minimum Gasteiger partial charge on any atom is -0.377 e. The Bertz CT molecular complexity index is 350. The second-order valence-electron chi connectivity index (χ2n) is 5.90. The van der Waals surface area contributed by atoms with Crippen molar-refractivity contribution >= 4 is 9.84 Å². The maximum atomic E-state index is 11.4. The zero-order valence-electron chi connectivity index (χ0n) is 13.2. The first-order chi connectivity index (χ1) is 9.48. The first-order valence-electron chi connectivity index (χ1n) is 8.00. The van der Waals surface area contributed by atoms with Crippen LogP contribution in [0.25, 0.3) is 0 Å². The van der Waals surface area contributed by atoms with Crippen molar-refractivity contribution in [3.63, 3.8) is 0 Å². The van der Waals surface area contributed by atoms with Crippen LogP contribution in [-0.4, -0.2) is 45.7 Å². The van der Waals surface area contributed by atoms with E-state index < -0.39 is 9.84 Å². The van der Waals surface area contributed by atoms with Gasteiger partial charge in [-0.15, -0.1) is 0 Å². The van der Waals surface area contributed by atoms with Gasteiger partial charge in [-0.1, -0.05) is 26.2 Å². The van der Waals surface area contributed by atoms with Crippen molar-refractivity contribution in [1.29, 1.82) is 0 Å². The quantitative estimate of drug-likeness (QED) is 0.710. The van der Waals surface area contributed by atoms with Gasteiger partial charge in [0.25, 0.3) is 0 Å². The highest BCUT2D eigenvalue weighted by Crippen LogP contribution is 2.30. The number of sulfone groups is 1. The third-order valence-electron chi connectivity index (χ3n) is 4.14. The molecule has 0 aromatic heterocycles. The molecule has 0 aromatic rings. The highest BCUT2D eigenvalue weighted by Gasteiger charge is 2.31. The van der Waals surface area contributed by atoms with Gasteiger partial charge in [0.15, 0.2) is 0 Å². The number of rotatable bonds is 9. The van der Waals surface area contributed by atoms with E-state index in [0.29, 0.717) is 18.9 Å². The SMILES string of the molecule is CCNC(CCS(C)(=O)=O)C(OCC)C1CCCCC1. The van der Waals surface area contributed by atoms with Crippen LogP contribution in [0, 0.1) is 5.92 Å². The molecule has 4 nitrogen and oxygen atoms in total. The van der Waals surface area contributed by atoms with Crippen molar-refractivity contribution in [2.45, 2.75) is 64.5 Å². The molecule has 1 aliphatic rings. The Hall–Kier alpha value is -0.130. The molecule has 5 heteroatoms. The number of nitrogens with one attached hydrogen (secondary N) is 1. The Balaban J connectivity index is 2.69. The molecule has 1 saturated carbocycles. The van der Waals surface area contributed by atoms with E-state index in [9.17, 15) is 8.42 Å². The Labute approximate surface area is 124 Å². The predicted molar refractivity (Wildman–Crippen MR) is 83.8 cm³/mol. The van der Waals surface area contributed by atoms with Gasteiger partial charge in [0.1, 0.15) is 9.84 Å². The summed E-state index contributed by atoms with van der Waals surface area (Å²) < 4.78 is 28.9. The second kappa shape index (κ2) is 9.00. The lowest BCUT2D eigenvalue weighted by Crippen LogP contribution is -2.47. The van der Waals surface area contributed by atoms with Gasteiger partial charge in [0, 0.05) is 18.9 Å². The topological polar surface area (TPSA) is 55.4 Å². The van der Waals surface area contributed by atoms with Crippen molar-refractivity contribution in [3.05, 3.63) is 0 Å². The average Bonchev–Trinajstić information content (AvgIpc) is 2.41. The van der Waals surface area contributed by atoms with Gasteiger partial charge in [0.05, 0.1) is 11.9 Å². The molecule has 0 amide bonds. The van der Waals surface area contributed by atoms with Crippen molar-refractivity contribution in [3.8, 4) is 0 Å². The molecule has 2 unspecified atom stereocenters. The molecule has 20 heavy (non-hydrogen) atoms. The van der Waals surface area contributed by atoms with Crippen LogP contribution in [0.5, 0.6) is 0 Å².